The van der Waals surface area contributed by atoms with Gasteiger partial charge in [0.25, 0.3) is 5.91 Å². The predicted molar refractivity (Wildman–Crippen MR) is 92.6 cm³/mol. The van der Waals surface area contributed by atoms with Crippen molar-refractivity contribution in [2.75, 3.05) is 6.61 Å². The summed E-state index contributed by atoms with van der Waals surface area (Å²) in [6.07, 6.45) is 8.24. The normalized spacial score (nSPS) is 14.8. The van der Waals surface area contributed by atoms with Crippen LogP contribution in [0.4, 0.5) is 0 Å². The van der Waals surface area contributed by atoms with E-state index in [1.54, 1.807) is 0 Å². The lowest BCUT2D eigenvalue weighted by Gasteiger charge is -2.11. The number of nitrogens with one attached hydrogen (secondary N) is 2. The fraction of sp³-hybridized carbons (Fsp3) is 0.474. The van der Waals surface area contributed by atoms with Gasteiger partial charge in [-0.2, -0.15) is 0 Å². The van der Waals surface area contributed by atoms with Gasteiger partial charge in [0.1, 0.15) is 0 Å². The van der Waals surface area contributed by atoms with E-state index in [1.165, 1.54) is 23.8 Å². The van der Waals surface area contributed by atoms with Crippen molar-refractivity contribution in [3.63, 3.8) is 0 Å². The second-order valence-electron chi connectivity index (χ2n) is 6.42. The molecule has 3 rings (SSSR count). The summed E-state index contributed by atoms with van der Waals surface area (Å²) < 4.78 is 5.06. The van der Waals surface area contributed by atoms with E-state index in [0.29, 0.717) is 12.8 Å². The standard InChI is InChI=1S/C19H24N2O3/c22-18(21-15-7-1-2-8-15)13-24-19(23)11-5-6-14-12-20-17-10-4-3-9-16(14)17/h3-4,9-10,12,15,20H,1-2,5-8,11,13H2,(H,21,22). The molecular weight excluding hydrogens is 304 g/mol. The first-order valence-electron chi connectivity index (χ1n) is 8.72. The van der Waals surface area contributed by atoms with Crippen LogP contribution in [-0.2, 0) is 20.7 Å². The largest absolute Gasteiger partial charge is 0.456 e. The number of benzene rings is 1. The molecule has 1 amide bonds. The first kappa shape index (κ1) is 16.6. The molecule has 0 saturated heterocycles. The maximum Gasteiger partial charge on any atom is 0.306 e. The van der Waals surface area contributed by atoms with Crippen molar-refractivity contribution in [2.45, 2.75) is 51.0 Å². The van der Waals surface area contributed by atoms with Crippen molar-refractivity contribution in [2.24, 2.45) is 0 Å². The van der Waals surface area contributed by atoms with Crippen LogP contribution in [-0.4, -0.2) is 29.5 Å². The summed E-state index contributed by atoms with van der Waals surface area (Å²) in [6.45, 7) is -0.164. The van der Waals surface area contributed by atoms with E-state index in [4.69, 9.17) is 4.74 Å². The van der Waals surface area contributed by atoms with Crippen molar-refractivity contribution >= 4 is 22.8 Å². The molecule has 0 spiro atoms. The van der Waals surface area contributed by atoms with Crippen LogP contribution in [0.2, 0.25) is 0 Å². The molecular formula is C19H24N2O3. The number of aromatic nitrogens is 1. The Morgan fingerprint density at radius 3 is 2.83 bits per heavy atom. The molecule has 1 aliphatic carbocycles. The number of hydrogen-bond donors (Lipinski definition) is 2. The number of aryl methyl sites for hydroxylation is 1. The number of carbonyl (C=O) groups is 2. The van der Waals surface area contributed by atoms with Gasteiger partial charge in [-0.05, 0) is 37.3 Å². The number of amides is 1. The summed E-state index contributed by atoms with van der Waals surface area (Å²) in [4.78, 5) is 26.7. The Balaban J connectivity index is 1.35. The van der Waals surface area contributed by atoms with Gasteiger partial charge in [-0.1, -0.05) is 31.0 Å². The third-order valence-electron chi connectivity index (χ3n) is 4.59. The maximum atomic E-state index is 11.8. The summed E-state index contributed by atoms with van der Waals surface area (Å²) in [5.41, 5.74) is 2.32. The molecule has 0 atom stereocenters. The average molecular weight is 328 g/mol. The van der Waals surface area contributed by atoms with Gasteiger partial charge in [0.15, 0.2) is 6.61 Å². The Labute approximate surface area is 141 Å². The lowest BCUT2D eigenvalue weighted by atomic mass is 10.1. The number of carbonyl (C=O) groups excluding carboxylic acids is 2. The van der Waals surface area contributed by atoms with Gasteiger partial charge in [-0.15, -0.1) is 0 Å². The quantitative estimate of drug-likeness (QED) is 0.767. The Bertz CT molecular complexity index is 701. The topological polar surface area (TPSA) is 71.2 Å². The van der Waals surface area contributed by atoms with Gasteiger partial charge in [-0.3, -0.25) is 9.59 Å². The summed E-state index contributed by atoms with van der Waals surface area (Å²) >= 11 is 0. The molecule has 1 heterocycles. The lowest BCUT2D eigenvalue weighted by molar-refractivity contribution is -0.148. The molecule has 1 aromatic heterocycles. The van der Waals surface area contributed by atoms with Gasteiger partial charge in [0, 0.05) is 29.6 Å². The molecule has 24 heavy (non-hydrogen) atoms. The highest BCUT2D eigenvalue weighted by Crippen LogP contribution is 2.19. The monoisotopic (exact) mass is 328 g/mol. The van der Waals surface area contributed by atoms with E-state index in [9.17, 15) is 9.59 Å². The first-order chi connectivity index (χ1) is 11.7. The third-order valence-corrected chi connectivity index (χ3v) is 4.59. The van der Waals surface area contributed by atoms with Crippen molar-refractivity contribution in [1.29, 1.82) is 0 Å². The summed E-state index contributed by atoms with van der Waals surface area (Å²) in [5.74, 6) is -0.497. The summed E-state index contributed by atoms with van der Waals surface area (Å²) in [6, 6.07) is 8.38. The van der Waals surface area contributed by atoms with E-state index in [-0.39, 0.29) is 24.5 Å². The Morgan fingerprint density at radius 2 is 2.00 bits per heavy atom. The number of rotatable bonds is 7. The van der Waals surface area contributed by atoms with Gasteiger partial charge in [0.2, 0.25) is 0 Å². The van der Waals surface area contributed by atoms with Crippen molar-refractivity contribution in [3.05, 3.63) is 36.0 Å². The van der Waals surface area contributed by atoms with Crippen molar-refractivity contribution in [1.82, 2.24) is 10.3 Å². The molecule has 0 unspecified atom stereocenters. The second kappa shape index (κ2) is 7.99. The van der Waals surface area contributed by atoms with E-state index in [2.05, 4.69) is 16.4 Å². The number of ether oxygens (including phenoxy) is 1. The first-order valence-corrected chi connectivity index (χ1v) is 8.72. The highest BCUT2D eigenvalue weighted by atomic mass is 16.5. The molecule has 2 N–H and O–H groups in total. The highest BCUT2D eigenvalue weighted by molar-refractivity contribution is 5.83. The van der Waals surface area contributed by atoms with Crippen LogP contribution >= 0.6 is 0 Å². The van der Waals surface area contributed by atoms with Crippen LogP contribution in [0.1, 0.15) is 44.1 Å². The summed E-state index contributed by atoms with van der Waals surface area (Å²) in [5, 5.41) is 4.11. The Morgan fingerprint density at radius 1 is 1.21 bits per heavy atom. The molecule has 5 nitrogen and oxygen atoms in total. The molecule has 5 heteroatoms. The van der Waals surface area contributed by atoms with Gasteiger partial charge in [0.05, 0.1) is 0 Å². The van der Waals surface area contributed by atoms with Gasteiger partial charge >= 0.3 is 5.97 Å². The minimum absolute atomic E-state index is 0.164. The minimum Gasteiger partial charge on any atom is -0.456 e. The molecule has 1 aromatic carbocycles. The zero-order chi connectivity index (χ0) is 16.8. The number of esters is 1. The number of hydrogen-bond acceptors (Lipinski definition) is 3. The molecule has 1 aliphatic rings. The van der Waals surface area contributed by atoms with Crippen LogP contribution in [0.25, 0.3) is 10.9 Å². The fourth-order valence-corrected chi connectivity index (χ4v) is 3.32. The fourth-order valence-electron chi connectivity index (χ4n) is 3.32. The number of aromatic amines is 1. The van der Waals surface area contributed by atoms with E-state index in [1.807, 2.05) is 24.4 Å². The van der Waals surface area contributed by atoms with Crippen molar-refractivity contribution in [3.8, 4) is 0 Å². The maximum absolute atomic E-state index is 11.8. The molecule has 2 aromatic rings. The molecule has 0 aliphatic heterocycles. The number of para-hydroxylation sites is 1. The SMILES string of the molecule is O=C(COC(=O)CCCc1c[nH]c2ccccc12)NC1CCCC1. The Kier molecular flexibility index (Phi) is 5.51. The van der Waals surface area contributed by atoms with Crippen LogP contribution in [0.3, 0.4) is 0 Å². The highest BCUT2D eigenvalue weighted by Gasteiger charge is 2.17. The molecule has 1 saturated carbocycles. The van der Waals surface area contributed by atoms with Gasteiger partial charge < -0.3 is 15.0 Å². The second-order valence-corrected chi connectivity index (χ2v) is 6.42. The lowest BCUT2D eigenvalue weighted by Crippen LogP contribution is -2.35. The smallest absolute Gasteiger partial charge is 0.306 e. The zero-order valence-electron chi connectivity index (χ0n) is 13.8. The van der Waals surface area contributed by atoms with Crippen molar-refractivity contribution < 1.29 is 14.3 Å². The van der Waals surface area contributed by atoms with Crippen LogP contribution in [0, 0.1) is 0 Å². The van der Waals surface area contributed by atoms with Crippen LogP contribution < -0.4 is 5.32 Å². The zero-order valence-corrected chi connectivity index (χ0v) is 13.8. The number of H-pyrrole nitrogens is 1. The third kappa shape index (κ3) is 4.37. The van der Waals surface area contributed by atoms with E-state index >= 15 is 0 Å². The van der Waals surface area contributed by atoms with Gasteiger partial charge in [-0.25, -0.2) is 0 Å². The van der Waals surface area contributed by atoms with Crippen LogP contribution in [0.15, 0.2) is 30.5 Å². The average Bonchev–Trinajstić information content (AvgIpc) is 3.23. The number of fused-ring (bicyclic) bond motifs is 1. The minimum atomic E-state index is -0.309. The van der Waals surface area contributed by atoms with E-state index in [0.717, 1.165) is 24.8 Å². The Hall–Kier alpha value is -2.30. The predicted octanol–water partition coefficient (Wildman–Crippen LogP) is 3.09. The van der Waals surface area contributed by atoms with Crippen LogP contribution in [0.5, 0.6) is 0 Å². The molecule has 0 bridgehead atoms. The molecule has 128 valence electrons. The summed E-state index contributed by atoms with van der Waals surface area (Å²) in [7, 11) is 0. The molecule has 0 radical (unpaired) electrons. The molecule has 1 fully saturated rings. The van der Waals surface area contributed by atoms with E-state index < -0.39 is 0 Å².